The summed E-state index contributed by atoms with van der Waals surface area (Å²) in [6.07, 6.45) is 5.25. The first-order valence-corrected chi connectivity index (χ1v) is 22.9. The van der Waals surface area contributed by atoms with E-state index in [9.17, 15) is 0 Å². The van der Waals surface area contributed by atoms with Crippen LogP contribution < -0.4 is 10.6 Å². The van der Waals surface area contributed by atoms with Crippen molar-refractivity contribution in [2.45, 2.75) is 31.6 Å². The van der Waals surface area contributed by atoms with Crippen molar-refractivity contribution in [1.29, 1.82) is 0 Å². The largest absolute Gasteiger partial charge is 0.456 e. The minimum absolute atomic E-state index is 0.384. The van der Waals surface area contributed by atoms with Gasteiger partial charge < -0.3 is 4.42 Å². The molecule has 1 nitrogen and oxygen atoms in total. The molecule has 0 N–H and O–H groups in total. The van der Waals surface area contributed by atoms with Gasteiger partial charge in [-0.2, -0.15) is 0 Å². The minimum Gasteiger partial charge on any atom is -0.456 e. The van der Waals surface area contributed by atoms with Gasteiger partial charge in [-0.25, -0.2) is 0 Å². The predicted octanol–water partition coefficient (Wildman–Crippen LogP) is 14.5. The van der Waals surface area contributed by atoms with Crippen molar-refractivity contribution in [1.82, 2.24) is 0 Å². The number of furan rings is 1. The van der Waals surface area contributed by atoms with Crippen LogP contribution in [0.2, 0.25) is 0 Å². The van der Waals surface area contributed by atoms with Gasteiger partial charge in [0.15, 0.2) is 0 Å². The lowest BCUT2D eigenvalue weighted by Gasteiger charge is -2.31. The van der Waals surface area contributed by atoms with Gasteiger partial charge in [-0.1, -0.05) is 212 Å². The summed E-state index contributed by atoms with van der Waals surface area (Å²) in [5.74, 6) is 0. The Labute approximate surface area is 372 Å². The molecule has 2 aromatic heterocycles. The highest BCUT2D eigenvalue weighted by molar-refractivity contribution is 7.19. The fourth-order valence-corrected chi connectivity index (χ4v) is 12.0. The summed E-state index contributed by atoms with van der Waals surface area (Å²) in [4.78, 5) is 2.69. The highest BCUT2D eigenvalue weighted by Gasteiger charge is 2.54. The smallest absolute Gasteiger partial charge is 0.138 e. The number of benzene rings is 8. The molecule has 63 heavy (non-hydrogen) atoms. The van der Waals surface area contributed by atoms with Crippen LogP contribution in [0, 0.1) is 6.92 Å². The first-order chi connectivity index (χ1) is 31.2. The number of para-hydroxylation sites is 1. The minimum atomic E-state index is -0.384. The molecule has 10 aromatic rings. The van der Waals surface area contributed by atoms with Crippen LogP contribution in [0.5, 0.6) is 0 Å². The summed E-state index contributed by atoms with van der Waals surface area (Å²) in [6.45, 7) is 2.08. The number of hydrogen-bond acceptors (Lipinski definition) is 2. The number of rotatable bonds is 5. The van der Waals surface area contributed by atoms with Crippen LogP contribution in [0.1, 0.15) is 57.3 Å². The van der Waals surface area contributed by atoms with Crippen molar-refractivity contribution in [3.63, 3.8) is 0 Å². The Bertz CT molecular complexity index is 3410. The van der Waals surface area contributed by atoms with Crippen molar-refractivity contribution in [3.05, 3.63) is 261 Å². The van der Waals surface area contributed by atoms with Gasteiger partial charge in [-0.05, 0) is 99.0 Å². The first-order valence-electron chi connectivity index (χ1n) is 22.1. The van der Waals surface area contributed by atoms with E-state index in [1.165, 1.54) is 104 Å². The molecule has 0 aliphatic heterocycles. The Balaban J connectivity index is 0.000000552. The van der Waals surface area contributed by atoms with Gasteiger partial charge in [0.25, 0.3) is 0 Å². The van der Waals surface area contributed by atoms with E-state index in [1.54, 1.807) is 0 Å². The van der Waals surface area contributed by atoms with Gasteiger partial charge in [-0.15, -0.1) is 11.3 Å². The van der Waals surface area contributed by atoms with Gasteiger partial charge >= 0.3 is 0 Å². The maximum absolute atomic E-state index is 6.40. The molecule has 3 aliphatic carbocycles. The summed E-state index contributed by atoms with van der Waals surface area (Å²) >= 11 is 1.95. The maximum Gasteiger partial charge on any atom is 0.138 e. The standard InChI is InChI=1S/C54H36OS.C7H8/c1-2-13-37(14-3-1)53-50-49(44-18-6-10-23-47(44)54(50)45-21-8-4-15-40(45)41-16-5-9-22-46(41)54)52(56-53)38-31-27-35(28-32-38)33-34-25-29-36(30-26-34)39-19-12-20-43-42-17-7-11-24-48(42)55-51(39)43;1-7-5-3-2-4-6-7/h1-11,13-18,20-32H,12,19,33H2;2-6H,1H3. The lowest BCUT2D eigenvalue weighted by atomic mass is 9.70. The zero-order valence-electron chi connectivity index (χ0n) is 35.1. The van der Waals surface area contributed by atoms with Crippen molar-refractivity contribution >= 4 is 34.0 Å². The molecule has 1 spiro atoms. The van der Waals surface area contributed by atoms with Crippen molar-refractivity contribution in [2.75, 3.05) is 0 Å². The topological polar surface area (TPSA) is 13.1 Å². The molecule has 0 radical (unpaired) electrons. The third kappa shape index (κ3) is 6.04. The van der Waals surface area contributed by atoms with E-state index in [0.29, 0.717) is 0 Å². The first kappa shape index (κ1) is 37.5. The van der Waals surface area contributed by atoms with E-state index < -0.39 is 0 Å². The zero-order valence-corrected chi connectivity index (χ0v) is 36.0. The summed E-state index contributed by atoms with van der Waals surface area (Å²) in [6, 6.07) is 75.6. The Morgan fingerprint density at radius 3 is 1.65 bits per heavy atom. The number of aryl methyl sites for hydroxylation is 1. The summed E-state index contributed by atoms with van der Waals surface area (Å²) in [7, 11) is 0. The highest BCUT2D eigenvalue weighted by Crippen LogP contribution is 2.67. The lowest BCUT2D eigenvalue weighted by molar-refractivity contribution is 0.568. The van der Waals surface area contributed by atoms with Gasteiger partial charge in [0.2, 0.25) is 0 Å². The molecule has 2 heteroatoms. The van der Waals surface area contributed by atoms with E-state index in [-0.39, 0.29) is 5.41 Å². The maximum atomic E-state index is 6.40. The molecule has 0 unspecified atom stereocenters. The van der Waals surface area contributed by atoms with E-state index in [0.717, 1.165) is 30.3 Å². The van der Waals surface area contributed by atoms with Crippen LogP contribution >= 0.6 is 11.3 Å². The molecule has 0 amide bonds. The zero-order chi connectivity index (χ0) is 41.9. The molecule has 0 saturated heterocycles. The molecule has 13 rings (SSSR count). The molecule has 300 valence electrons. The van der Waals surface area contributed by atoms with Crippen LogP contribution in [0.25, 0.3) is 65.8 Å². The fraction of sp³-hybridized carbons (Fsp3) is 0.0820. The third-order valence-electron chi connectivity index (χ3n) is 13.4. The van der Waals surface area contributed by atoms with E-state index >= 15 is 0 Å². The normalized spacial score (nSPS) is 13.6. The monoisotopic (exact) mass is 824 g/mol. The van der Waals surface area contributed by atoms with Crippen LogP contribution in [-0.4, -0.2) is 0 Å². The second kappa shape index (κ2) is 15.3. The molecular weight excluding hydrogens is 781 g/mol. The van der Waals surface area contributed by atoms with Crippen LogP contribution in [-0.2, 0) is 11.8 Å². The highest BCUT2D eigenvalue weighted by atomic mass is 32.1. The lowest BCUT2D eigenvalue weighted by Crippen LogP contribution is -2.26. The molecule has 2 heterocycles. The molecule has 0 bridgehead atoms. The van der Waals surface area contributed by atoms with Crippen molar-refractivity contribution in [3.8, 4) is 43.1 Å². The average molecular weight is 825 g/mol. The van der Waals surface area contributed by atoms with Gasteiger partial charge in [0.1, 0.15) is 11.0 Å². The van der Waals surface area contributed by atoms with E-state index in [4.69, 9.17) is 4.42 Å². The predicted molar refractivity (Wildman–Crippen MR) is 264 cm³/mol. The molecule has 0 saturated carbocycles. The van der Waals surface area contributed by atoms with Crippen LogP contribution in [0.15, 0.2) is 211 Å². The van der Waals surface area contributed by atoms with Crippen molar-refractivity contribution in [2.24, 2.45) is 0 Å². The van der Waals surface area contributed by atoms with Crippen LogP contribution in [0.4, 0.5) is 0 Å². The number of fused-ring (bicyclic) bond motifs is 13. The van der Waals surface area contributed by atoms with Gasteiger partial charge in [0.05, 0.1) is 5.41 Å². The average Bonchev–Trinajstić information content (AvgIpc) is 4.09. The van der Waals surface area contributed by atoms with Gasteiger partial charge in [0, 0.05) is 31.5 Å². The molecule has 0 atom stereocenters. The van der Waals surface area contributed by atoms with E-state index in [2.05, 4.69) is 201 Å². The molecule has 8 aromatic carbocycles. The second-order valence-electron chi connectivity index (χ2n) is 17.1. The molecule has 0 fully saturated rings. The third-order valence-corrected chi connectivity index (χ3v) is 14.7. The Morgan fingerprint density at radius 2 is 1.02 bits per heavy atom. The Hall–Kier alpha value is -7.26. The molecular formula is C61H44OS. The quantitative estimate of drug-likeness (QED) is 0.168. The second-order valence-corrected chi connectivity index (χ2v) is 18.1. The summed E-state index contributed by atoms with van der Waals surface area (Å²) in [5, 5.41) is 2.45. The summed E-state index contributed by atoms with van der Waals surface area (Å²) in [5.41, 5.74) is 21.6. The van der Waals surface area contributed by atoms with Crippen LogP contribution in [0.3, 0.4) is 0 Å². The number of hydrogen-bond donors (Lipinski definition) is 0. The van der Waals surface area contributed by atoms with E-state index in [1.807, 2.05) is 29.5 Å². The fourth-order valence-electron chi connectivity index (χ4n) is 10.6. The van der Waals surface area contributed by atoms with Gasteiger partial charge in [-0.3, -0.25) is 0 Å². The Morgan fingerprint density at radius 1 is 0.492 bits per heavy atom. The SMILES string of the molecule is C1=c2c(oc3ccccc23)=C(c2ccc(Cc3ccc(-c4sc(-c5ccccc5)c5c4-c4ccccc4C54c5ccccc5-c5ccccc54)cc3)cc2)CC1.Cc1ccccc1. The van der Waals surface area contributed by atoms with Crippen molar-refractivity contribution < 1.29 is 4.42 Å². The molecule has 3 aliphatic rings. The summed E-state index contributed by atoms with van der Waals surface area (Å²) < 4.78 is 6.40. The number of thiophene rings is 1. The Kier molecular flexibility index (Phi) is 9.09.